The minimum Gasteiger partial charge on any atom is -0.326 e. The molecule has 0 spiro atoms. The van der Waals surface area contributed by atoms with Crippen LogP contribution in [0.25, 0.3) is 0 Å². The fraction of sp³-hybridized carbons (Fsp3) is 0.176. The van der Waals surface area contributed by atoms with E-state index in [1.165, 1.54) is 37.3 Å². The van der Waals surface area contributed by atoms with Gasteiger partial charge in [0.2, 0.25) is 11.8 Å². The van der Waals surface area contributed by atoms with Crippen molar-refractivity contribution in [3.05, 3.63) is 53.8 Å². The quantitative estimate of drug-likeness (QED) is 0.586. The van der Waals surface area contributed by atoms with Crippen LogP contribution in [0.5, 0.6) is 0 Å². The Labute approximate surface area is 151 Å². The van der Waals surface area contributed by atoms with Crippen molar-refractivity contribution in [2.45, 2.75) is 18.0 Å². The molecule has 2 rings (SSSR count). The Bertz CT molecular complexity index is 807. The Morgan fingerprint density at radius 1 is 1.04 bits per heavy atom. The predicted octanol–water partition coefficient (Wildman–Crippen LogP) is 4.53. The molecule has 0 aliphatic carbocycles. The summed E-state index contributed by atoms with van der Waals surface area (Å²) in [5, 5.41) is 4.48. The average Bonchev–Trinajstić information content (AvgIpc) is 2.54. The molecule has 0 fully saturated rings. The van der Waals surface area contributed by atoms with Gasteiger partial charge in [-0.2, -0.15) is 13.2 Å². The van der Waals surface area contributed by atoms with E-state index in [1.54, 1.807) is 0 Å². The average molecular weight is 386 g/mol. The summed E-state index contributed by atoms with van der Waals surface area (Å²) >= 11 is 1.06. The van der Waals surface area contributed by atoms with Gasteiger partial charge in [0.25, 0.3) is 0 Å². The van der Waals surface area contributed by atoms with Gasteiger partial charge in [0.15, 0.2) is 0 Å². The first-order chi connectivity index (χ1) is 12.1. The predicted molar refractivity (Wildman–Crippen MR) is 91.5 cm³/mol. The molecule has 0 unspecified atom stereocenters. The van der Waals surface area contributed by atoms with Crippen LogP contribution in [-0.2, 0) is 15.8 Å². The summed E-state index contributed by atoms with van der Waals surface area (Å²) in [5.74, 6) is -1.72. The first-order valence-corrected chi connectivity index (χ1v) is 8.31. The van der Waals surface area contributed by atoms with Crippen LogP contribution in [0.3, 0.4) is 0 Å². The van der Waals surface area contributed by atoms with Gasteiger partial charge in [-0.3, -0.25) is 9.59 Å². The van der Waals surface area contributed by atoms with Crippen molar-refractivity contribution >= 4 is 35.0 Å². The van der Waals surface area contributed by atoms with Gasteiger partial charge in [0.1, 0.15) is 5.82 Å². The molecular formula is C17H14F4N2O2S. The van der Waals surface area contributed by atoms with Crippen LogP contribution in [0.1, 0.15) is 12.5 Å². The van der Waals surface area contributed by atoms with E-state index in [0.29, 0.717) is 4.90 Å². The molecule has 0 atom stereocenters. The lowest BCUT2D eigenvalue weighted by atomic mass is 10.1. The number of hydrogen-bond donors (Lipinski definition) is 2. The molecule has 0 aliphatic rings. The molecule has 2 aromatic carbocycles. The SMILES string of the molecule is CC(=O)Nc1ccc(NC(=O)CSc2ccc(F)cc2)c(C(F)(F)F)c1. The molecule has 0 saturated heterocycles. The highest BCUT2D eigenvalue weighted by molar-refractivity contribution is 8.00. The third-order valence-corrected chi connectivity index (χ3v) is 4.12. The monoisotopic (exact) mass is 386 g/mol. The zero-order valence-electron chi connectivity index (χ0n) is 13.5. The number of thioether (sulfide) groups is 1. The molecular weight excluding hydrogens is 372 g/mol. The third-order valence-electron chi connectivity index (χ3n) is 3.10. The van der Waals surface area contributed by atoms with Gasteiger partial charge in [-0.1, -0.05) is 0 Å². The molecule has 9 heteroatoms. The molecule has 0 aliphatic heterocycles. The van der Waals surface area contributed by atoms with Crippen LogP contribution in [0, 0.1) is 5.82 Å². The van der Waals surface area contributed by atoms with Crippen LogP contribution < -0.4 is 10.6 Å². The van der Waals surface area contributed by atoms with Gasteiger partial charge in [-0.05, 0) is 42.5 Å². The second-order valence-electron chi connectivity index (χ2n) is 5.23. The maximum absolute atomic E-state index is 13.2. The second-order valence-corrected chi connectivity index (χ2v) is 6.28. The second kappa shape index (κ2) is 8.22. The minimum atomic E-state index is -4.71. The lowest BCUT2D eigenvalue weighted by Gasteiger charge is -2.15. The Balaban J connectivity index is 2.10. The van der Waals surface area contributed by atoms with E-state index >= 15 is 0 Å². The van der Waals surface area contributed by atoms with Crippen molar-refractivity contribution in [2.75, 3.05) is 16.4 Å². The number of carbonyl (C=O) groups excluding carboxylic acids is 2. The lowest BCUT2D eigenvalue weighted by Crippen LogP contribution is -2.18. The zero-order chi connectivity index (χ0) is 19.3. The molecule has 0 radical (unpaired) electrons. The number of benzene rings is 2. The highest BCUT2D eigenvalue weighted by Crippen LogP contribution is 2.36. The molecule has 0 heterocycles. The number of hydrogen-bond acceptors (Lipinski definition) is 3. The Kier molecular flexibility index (Phi) is 6.25. The molecule has 2 amide bonds. The van der Waals surface area contributed by atoms with Gasteiger partial charge in [0, 0.05) is 17.5 Å². The van der Waals surface area contributed by atoms with Crippen LogP contribution >= 0.6 is 11.8 Å². The molecule has 2 aromatic rings. The number of rotatable bonds is 5. The van der Waals surface area contributed by atoms with Crippen LogP contribution in [-0.4, -0.2) is 17.6 Å². The largest absolute Gasteiger partial charge is 0.418 e. The molecule has 0 bridgehead atoms. The van der Waals surface area contributed by atoms with E-state index in [2.05, 4.69) is 10.6 Å². The number of nitrogens with one attached hydrogen (secondary N) is 2. The minimum absolute atomic E-state index is 0.0245. The van der Waals surface area contributed by atoms with Crippen LogP contribution in [0.2, 0.25) is 0 Å². The molecule has 26 heavy (non-hydrogen) atoms. The van der Waals surface area contributed by atoms with Crippen molar-refractivity contribution in [3.63, 3.8) is 0 Å². The summed E-state index contributed by atoms with van der Waals surface area (Å²) in [7, 11) is 0. The summed E-state index contributed by atoms with van der Waals surface area (Å²) in [4.78, 5) is 23.6. The van der Waals surface area contributed by atoms with E-state index in [0.717, 1.165) is 23.9 Å². The number of amides is 2. The maximum Gasteiger partial charge on any atom is 0.418 e. The topological polar surface area (TPSA) is 58.2 Å². The Hall–Kier alpha value is -2.55. The molecule has 2 N–H and O–H groups in total. The fourth-order valence-corrected chi connectivity index (χ4v) is 2.73. The summed E-state index contributed by atoms with van der Waals surface area (Å²) in [5.41, 5.74) is -1.50. The number of anilines is 2. The Morgan fingerprint density at radius 2 is 1.69 bits per heavy atom. The van der Waals surface area contributed by atoms with E-state index < -0.39 is 35.1 Å². The molecule has 0 saturated carbocycles. The summed E-state index contributed by atoms with van der Waals surface area (Å²) in [6, 6.07) is 8.48. The van der Waals surface area contributed by atoms with Gasteiger partial charge in [-0.25, -0.2) is 4.39 Å². The van der Waals surface area contributed by atoms with Gasteiger partial charge in [0.05, 0.1) is 17.0 Å². The number of alkyl halides is 3. The van der Waals surface area contributed by atoms with Crippen LogP contribution in [0.4, 0.5) is 28.9 Å². The molecule has 4 nitrogen and oxygen atoms in total. The van der Waals surface area contributed by atoms with Crippen LogP contribution in [0.15, 0.2) is 47.4 Å². The normalized spacial score (nSPS) is 11.1. The van der Waals surface area contributed by atoms with E-state index in [1.807, 2.05) is 0 Å². The number of carbonyl (C=O) groups is 2. The van der Waals surface area contributed by atoms with Crippen molar-refractivity contribution < 1.29 is 27.2 Å². The highest BCUT2D eigenvalue weighted by atomic mass is 32.2. The van der Waals surface area contributed by atoms with Gasteiger partial charge in [-0.15, -0.1) is 11.8 Å². The lowest BCUT2D eigenvalue weighted by molar-refractivity contribution is -0.137. The van der Waals surface area contributed by atoms with Crippen molar-refractivity contribution in [3.8, 4) is 0 Å². The molecule has 138 valence electrons. The summed E-state index contributed by atoms with van der Waals surface area (Å²) in [6.45, 7) is 1.18. The molecule has 0 aromatic heterocycles. The van der Waals surface area contributed by atoms with E-state index in [9.17, 15) is 27.2 Å². The first kappa shape index (κ1) is 19.8. The standard InChI is InChI=1S/C17H14F4N2O2S/c1-10(24)22-12-4-7-15(14(8-12)17(19,20)21)23-16(25)9-26-13-5-2-11(18)3-6-13/h2-8H,9H2,1H3,(H,22,24)(H,23,25). The summed E-state index contributed by atoms with van der Waals surface area (Å²) < 4.78 is 52.4. The van der Waals surface area contributed by atoms with Crippen molar-refractivity contribution in [1.29, 1.82) is 0 Å². The van der Waals surface area contributed by atoms with E-state index in [-0.39, 0.29) is 11.4 Å². The maximum atomic E-state index is 13.2. The number of halogens is 4. The van der Waals surface area contributed by atoms with E-state index in [4.69, 9.17) is 0 Å². The first-order valence-electron chi connectivity index (χ1n) is 7.32. The van der Waals surface area contributed by atoms with Gasteiger partial charge >= 0.3 is 6.18 Å². The highest BCUT2D eigenvalue weighted by Gasteiger charge is 2.34. The van der Waals surface area contributed by atoms with Crippen molar-refractivity contribution in [1.82, 2.24) is 0 Å². The van der Waals surface area contributed by atoms with Crippen molar-refractivity contribution in [2.24, 2.45) is 0 Å². The third kappa shape index (κ3) is 5.76. The fourth-order valence-electron chi connectivity index (χ4n) is 2.03. The van der Waals surface area contributed by atoms with Gasteiger partial charge < -0.3 is 10.6 Å². The summed E-state index contributed by atoms with van der Waals surface area (Å²) in [6.07, 6.45) is -4.71. The Morgan fingerprint density at radius 3 is 2.27 bits per heavy atom. The smallest absolute Gasteiger partial charge is 0.326 e. The zero-order valence-corrected chi connectivity index (χ0v) is 14.3.